The second kappa shape index (κ2) is 3.51. The first-order chi connectivity index (χ1) is 4.43. The van der Waals surface area contributed by atoms with E-state index in [0.717, 1.165) is 17.9 Å². The second-order valence-electron chi connectivity index (χ2n) is 1.78. The molecule has 0 aliphatic carbocycles. The van der Waals surface area contributed by atoms with Gasteiger partial charge >= 0.3 is 0 Å². The van der Waals surface area contributed by atoms with Crippen molar-refractivity contribution in [3.63, 3.8) is 0 Å². The maximum atomic E-state index is 4.79. The molecule has 2 heteroatoms. The molecule has 0 aliphatic rings. The number of hydrogen-bond acceptors (Lipinski definition) is 1. The van der Waals surface area contributed by atoms with Crippen LogP contribution in [0.4, 0.5) is 0 Å². The van der Waals surface area contributed by atoms with E-state index in [1.165, 1.54) is 0 Å². The van der Waals surface area contributed by atoms with Crippen LogP contribution in [0.5, 0.6) is 0 Å². The van der Waals surface area contributed by atoms with E-state index in [0.29, 0.717) is 0 Å². The van der Waals surface area contributed by atoms with E-state index in [1.807, 2.05) is 18.2 Å². The fourth-order valence-electron chi connectivity index (χ4n) is 0.651. The van der Waals surface area contributed by atoms with Crippen molar-refractivity contribution in [2.75, 3.05) is 5.75 Å². The van der Waals surface area contributed by atoms with Crippen LogP contribution < -0.4 is 0 Å². The predicted molar refractivity (Wildman–Crippen MR) is 40.4 cm³/mol. The maximum absolute atomic E-state index is 4.79. The number of rotatable bonds is 2. The highest BCUT2D eigenvalue weighted by molar-refractivity contribution is 7.80. The van der Waals surface area contributed by atoms with Gasteiger partial charge in [-0.2, -0.15) is 0 Å². The first kappa shape index (κ1) is 6.62. The highest BCUT2D eigenvalue weighted by atomic mass is 32.1. The molecule has 1 radical (unpaired) electrons. The minimum absolute atomic E-state index is 0.761. The topological polar surface area (TPSA) is 12.9 Å². The lowest BCUT2D eigenvalue weighted by atomic mass is 10.3. The summed E-state index contributed by atoms with van der Waals surface area (Å²) in [7, 11) is 0. The molecule has 1 aromatic rings. The molecule has 1 heterocycles. The summed E-state index contributed by atoms with van der Waals surface area (Å²) in [5.41, 5.74) is 1.09. The molecule has 0 saturated carbocycles. The fraction of sp³-hybridized carbons (Fsp3) is 0.286. The maximum Gasteiger partial charge on any atom is 0.0412 e. The Morgan fingerprint density at radius 3 is 2.89 bits per heavy atom. The van der Waals surface area contributed by atoms with E-state index in [1.54, 1.807) is 6.20 Å². The number of aromatic nitrogens is 1. The Morgan fingerprint density at radius 2 is 2.33 bits per heavy atom. The van der Waals surface area contributed by atoms with Crippen LogP contribution in [0.2, 0.25) is 0 Å². The van der Waals surface area contributed by atoms with E-state index in [9.17, 15) is 0 Å². The fourth-order valence-corrected chi connectivity index (χ4v) is 0.860. The smallest absolute Gasteiger partial charge is 0.0412 e. The van der Waals surface area contributed by atoms with Gasteiger partial charge in [0.25, 0.3) is 0 Å². The third kappa shape index (κ3) is 2.06. The summed E-state index contributed by atoms with van der Waals surface area (Å²) in [6, 6.07) is 5.88. The van der Waals surface area contributed by atoms with Crippen molar-refractivity contribution in [3.8, 4) is 0 Å². The SMILES string of the molecule is [S]CCc1ccccn1. The van der Waals surface area contributed by atoms with Crippen LogP contribution in [0.15, 0.2) is 24.4 Å². The summed E-state index contributed by atoms with van der Waals surface area (Å²) >= 11 is 4.79. The van der Waals surface area contributed by atoms with E-state index in [4.69, 9.17) is 12.6 Å². The van der Waals surface area contributed by atoms with Gasteiger partial charge in [0.1, 0.15) is 0 Å². The number of hydrogen-bond donors (Lipinski definition) is 0. The molecule has 0 unspecified atom stereocenters. The number of pyridine rings is 1. The molecule has 47 valence electrons. The minimum Gasteiger partial charge on any atom is -0.261 e. The molecule has 0 spiro atoms. The van der Waals surface area contributed by atoms with Crippen LogP contribution in [0.25, 0.3) is 0 Å². The molecule has 0 bridgehead atoms. The lowest BCUT2D eigenvalue weighted by Crippen LogP contribution is -1.87. The van der Waals surface area contributed by atoms with Crippen LogP contribution in [0.1, 0.15) is 5.69 Å². The van der Waals surface area contributed by atoms with Gasteiger partial charge in [0, 0.05) is 17.6 Å². The van der Waals surface area contributed by atoms with Crippen molar-refractivity contribution in [1.82, 2.24) is 4.98 Å². The standard InChI is InChI=1S/C7H8NS/c9-6-4-7-3-1-2-5-8-7/h1-3,5H,4,6H2. The first-order valence-electron chi connectivity index (χ1n) is 2.91. The minimum atomic E-state index is 0.761. The molecule has 0 aliphatic heterocycles. The number of aryl methyl sites for hydroxylation is 1. The normalized spacial score (nSPS) is 9.44. The van der Waals surface area contributed by atoms with E-state index in [2.05, 4.69) is 4.98 Å². The predicted octanol–water partition coefficient (Wildman–Crippen LogP) is 1.82. The van der Waals surface area contributed by atoms with Gasteiger partial charge in [-0.15, -0.1) is 0 Å². The average Bonchev–Trinajstić information content (AvgIpc) is 1.91. The molecule has 0 atom stereocenters. The highest BCUT2D eigenvalue weighted by Crippen LogP contribution is 1.94. The Labute approximate surface area is 60.5 Å². The third-order valence-electron chi connectivity index (χ3n) is 1.08. The van der Waals surface area contributed by atoms with E-state index < -0.39 is 0 Å². The summed E-state index contributed by atoms with van der Waals surface area (Å²) in [6.07, 6.45) is 2.70. The van der Waals surface area contributed by atoms with Crippen molar-refractivity contribution in [3.05, 3.63) is 30.1 Å². The van der Waals surface area contributed by atoms with E-state index >= 15 is 0 Å². The summed E-state index contributed by atoms with van der Waals surface area (Å²) in [4.78, 5) is 4.10. The van der Waals surface area contributed by atoms with Crippen molar-refractivity contribution in [2.45, 2.75) is 6.42 Å². The lowest BCUT2D eigenvalue weighted by molar-refractivity contribution is 1.05. The zero-order chi connectivity index (χ0) is 6.53. The van der Waals surface area contributed by atoms with Crippen LogP contribution >= 0.6 is 12.6 Å². The molecular formula is C7H8NS. The van der Waals surface area contributed by atoms with Gasteiger partial charge in [-0.3, -0.25) is 4.98 Å². The van der Waals surface area contributed by atoms with Gasteiger partial charge in [0.05, 0.1) is 0 Å². The Hall–Kier alpha value is -0.500. The largest absolute Gasteiger partial charge is 0.261 e. The highest BCUT2D eigenvalue weighted by Gasteiger charge is 1.87. The molecule has 1 nitrogen and oxygen atoms in total. The molecule has 1 rings (SSSR count). The Morgan fingerprint density at radius 1 is 1.44 bits per heavy atom. The zero-order valence-electron chi connectivity index (χ0n) is 5.08. The molecular weight excluding hydrogens is 130 g/mol. The zero-order valence-corrected chi connectivity index (χ0v) is 5.90. The monoisotopic (exact) mass is 138 g/mol. The van der Waals surface area contributed by atoms with Crippen LogP contribution in [-0.2, 0) is 6.42 Å². The summed E-state index contributed by atoms with van der Waals surface area (Å²) in [6.45, 7) is 0. The molecule has 0 aromatic carbocycles. The Balaban J connectivity index is 2.61. The average molecular weight is 138 g/mol. The second-order valence-corrected chi connectivity index (χ2v) is 2.18. The first-order valence-corrected chi connectivity index (χ1v) is 3.49. The molecule has 0 saturated heterocycles. The van der Waals surface area contributed by atoms with Crippen molar-refractivity contribution in [1.29, 1.82) is 0 Å². The summed E-state index contributed by atoms with van der Waals surface area (Å²) in [5.74, 6) is 0.761. The summed E-state index contributed by atoms with van der Waals surface area (Å²) in [5, 5.41) is 0. The van der Waals surface area contributed by atoms with Gasteiger partial charge in [-0.25, -0.2) is 0 Å². The molecule has 0 N–H and O–H groups in total. The van der Waals surface area contributed by atoms with Crippen LogP contribution in [-0.4, -0.2) is 10.7 Å². The van der Waals surface area contributed by atoms with Crippen LogP contribution in [0, 0.1) is 0 Å². The van der Waals surface area contributed by atoms with Gasteiger partial charge in [-0.05, 0) is 18.6 Å². The van der Waals surface area contributed by atoms with Crippen molar-refractivity contribution >= 4 is 12.6 Å². The Bertz CT molecular complexity index is 162. The molecule has 9 heavy (non-hydrogen) atoms. The quantitative estimate of drug-likeness (QED) is 0.607. The summed E-state index contributed by atoms with van der Waals surface area (Å²) < 4.78 is 0. The molecule has 1 aromatic heterocycles. The Kier molecular flexibility index (Phi) is 2.58. The molecule has 0 amide bonds. The van der Waals surface area contributed by atoms with Gasteiger partial charge < -0.3 is 0 Å². The van der Waals surface area contributed by atoms with Gasteiger partial charge in [0.2, 0.25) is 0 Å². The van der Waals surface area contributed by atoms with E-state index in [-0.39, 0.29) is 0 Å². The third-order valence-corrected chi connectivity index (χ3v) is 1.29. The lowest BCUT2D eigenvalue weighted by Gasteiger charge is -1.91. The van der Waals surface area contributed by atoms with Crippen LogP contribution in [0.3, 0.4) is 0 Å². The van der Waals surface area contributed by atoms with Crippen molar-refractivity contribution < 1.29 is 0 Å². The van der Waals surface area contributed by atoms with Crippen molar-refractivity contribution in [2.24, 2.45) is 0 Å². The number of nitrogens with zero attached hydrogens (tertiary/aromatic N) is 1. The van der Waals surface area contributed by atoms with Gasteiger partial charge in [0.15, 0.2) is 0 Å². The van der Waals surface area contributed by atoms with Gasteiger partial charge in [-0.1, -0.05) is 18.7 Å². The molecule has 0 fully saturated rings.